The molecule has 1 aromatic heterocycles. The highest BCUT2D eigenvalue weighted by atomic mass is 16.5. The highest BCUT2D eigenvalue weighted by Crippen LogP contribution is 2.24. The number of hydrogen-bond acceptors (Lipinski definition) is 5. The SMILES string of the molecule is COC(=O)[C@H](C)CN(Cc1ccccc1)c1nc2ccccc2o1. The monoisotopic (exact) mass is 324 g/mol. The molecule has 24 heavy (non-hydrogen) atoms. The van der Waals surface area contributed by atoms with Gasteiger partial charge in [-0.3, -0.25) is 4.79 Å². The van der Waals surface area contributed by atoms with Crippen LogP contribution in [0, 0.1) is 5.92 Å². The predicted molar refractivity (Wildman–Crippen MR) is 92.7 cm³/mol. The van der Waals surface area contributed by atoms with Crippen molar-refractivity contribution in [2.45, 2.75) is 13.5 Å². The van der Waals surface area contributed by atoms with Crippen molar-refractivity contribution < 1.29 is 13.9 Å². The number of carbonyl (C=O) groups is 1. The Morgan fingerprint density at radius 2 is 1.88 bits per heavy atom. The lowest BCUT2D eigenvalue weighted by molar-refractivity contribution is -0.144. The van der Waals surface area contributed by atoms with Crippen molar-refractivity contribution in [2.75, 3.05) is 18.6 Å². The van der Waals surface area contributed by atoms with Gasteiger partial charge in [-0.05, 0) is 17.7 Å². The lowest BCUT2D eigenvalue weighted by Gasteiger charge is -2.23. The van der Waals surface area contributed by atoms with E-state index in [1.807, 2.05) is 66.4 Å². The van der Waals surface area contributed by atoms with Gasteiger partial charge in [-0.15, -0.1) is 0 Å². The summed E-state index contributed by atoms with van der Waals surface area (Å²) in [5, 5.41) is 0. The highest BCUT2D eigenvalue weighted by molar-refractivity contribution is 5.75. The fourth-order valence-corrected chi connectivity index (χ4v) is 2.62. The van der Waals surface area contributed by atoms with Gasteiger partial charge in [0, 0.05) is 13.1 Å². The summed E-state index contributed by atoms with van der Waals surface area (Å²) in [5.41, 5.74) is 2.66. The van der Waals surface area contributed by atoms with Gasteiger partial charge in [-0.25, -0.2) is 0 Å². The van der Waals surface area contributed by atoms with Crippen molar-refractivity contribution in [3.8, 4) is 0 Å². The molecule has 1 heterocycles. The zero-order chi connectivity index (χ0) is 16.9. The van der Waals surface area contributed by atoms with Crippen LogP contribution in [-0.4, -0.2) is 24.6 Å². The number of anilines is 1. The van der Waals surface area contributed by atoms with E-state index in [4.69, 9.17) is 9.15 Å². The Hall–Kier alpha value is -2.82. The standard InChI is InChI=1S/C19H20N2O3/c1-14(18(22)23-2)12-21(13-15-8-4-3-5-9-15)19-20-16-10-6-7-11-17(16)24-19/h3-11,14H,12-13H2,1-2H3/t14-/m1/s1. The van der Waals surface area contributed by atoms with Crippen LogP contribution in [0.2, 0.25) is 0 Å². The molecule has 0 radical (unpaired) electrons. The molecular weight excluding hydrogens is 304 g/mol. The Bertz CT molecular complexity index is 781. The fraction of sp³-hybridized carbons (Fsp3) is 0.263. The second-order valence-corrected chi connectivity index (χ2v) is 5.75. The molecule has 0 aliphatic carbocycles. The lowest BCUT2D eigenvalue weighted by Crippen LogP contribution is -2.32. The Morgan fingerprint density at radius 3 is 2.58 bits per heavy atom. The van der Waals surface area contributed by atoms with Crippen LogP contribution in [-0.2, 0) is 16.1 Å². The molecule has 124 valence electrons. The summed E-state index contributed by atoms with van der Waals surface area (Å²) >= 11 is 0. The predicted octanol–water partition coefficient (Wildman–Crippen LogP) is 3.64. The van der Waals surface area contributed by atoms with Gasteiger partial charge in [0.2, 0.25) is 0 Å². The van der Waals surface area contributed by atoms with Crippen molar-refractivity contribution in [2.24, 2.45) is 5.92 Å². The van der Waals surface area contributed by atoms with Gasteiger partial charge in [0.25, 0.3) is 6.01 Å². The first-order valence-electron chi connectivity index (χ1n) is 7.89. The van der Waals surface area contributed by atoms with E-state index in [1.54, 1.807) is 0 Å². The van der Waals surface area contributed by atoms with Gasteiger partial charge in [0.1, 0.15) is 5.52 Å². The van der Waals surface area contributed by atoms with Crippen molar-refractivity contribution in [3.63, 3.8) is 0 Å². The number of hydrogen-bond donors (Lipinski definition) is 0. The number of ether oxygens (including phenoxy) is 1. The zero-order valence-corrected chi connectivity index (χ0v) is 13.8. The first-order valence-corrected chi connectivity index (χ1v) is 7.89. The van der Waals surface area contributed by atoms with E-state index in [0.717, 1.165) is 16.7 Å². The summed E-state index contributed by atoms with van der Waals surface area (Å²) in [6, 6.07) is 18.2. The van der Waals surface area contributed by atoms with Crippen LogP contribution in [0.4, 0.5) is 6.01 Å². The van der Waals surface area contributed by atoms with E-state index in [1.165, 1.54) is 7.11 Å². The maximum Gasteiger partial charge on any atom is 0.310 e. The molecule has 3 aromatic rings. The molecule has 2 aromatic carbocycles. The van der Waals surface area contributed by atoms with Crippen LogP contribution in [0.15, 0.2) is 59.0 Å². The Kier molecular flexibility index (Phi) is 4.79. The van der Waals surface area contributed by atoms with E-state index < -0.39 is 0 Å². The second kappa shape index (κ2) is 7.17. The molecule has 5 nitrogen and oxygen atoms in total. The van der Waals surface area contributed by atoms with Crippen LogP contribution in [0.3, 0.4) is 0 Å². The molecule has 0 unspecified atom stereocenters. The number of aromatic nitrogens is 1. The lowest BCUT2D eigenvalue weighted by atomic mass is 10.1. The molecule has 0 spiro atoms. The molecule has 0 bridgehead atoms. The number of rotatable bonds is 6. The third-order valence-corrected chi connectivity index (χ3v) is 3.87. The molecule has 0 N–H and O–H groups in total. The Labute approximate surface area is 140 Å². The summed E-state index contributed by atoms with van der Waals surface area (Å²) in [5.74, 6) is -0.530. The van der Waals surface area contributed by atoms with Gasteiger partial charge in [0.05, 0.1) is 13.0 Å². The topological polar surface area (TPSA) is 55.6 Å². The number of fused-ring (bicyclic) bond motifs is 1. The summed E-state index contributed by atoms with van der Waals surface area (Å²) in [4.78, 5) is 18.3. The van der Waals surface area contributed by atoms with E-state index >= 15 is 0 Å². The first-order chi connectivity index (χ1) is 11.7. The molecule has 0 saturated heterocycles. The number of nitrogens with zero attached hydrogens (tertiary/aromatic N) is 2. The zero-order valence-electron chi connectivity index (χ0n) is 13.8. The van der Waals surface area contributed by atoms with E-state index in [9.17, 15) is 4.79 Å². The number of carbonyl (C=O) groups excluding carboxylic acids is 1. The molecule has 0 aliphatic rings. The van der Waals surface area contributed by atoms with Gasteiger partial charge in [-0.2, -0.15) is 4.98 Å². The summed E-state index contributed by atoms with van der Waals surface area (Å²) in [6.07, 6.45) is 0. The van der Waals surface area contributed by atoms with Crippen molar-refractivity contribution in [1.82, 2.24) is 4.98 Å². The van der Waals surface area contributed by atoms with Crippen LogP contribution < -0.4 is 4.90 Å². The minimum Gasteiger partial charge on any atom is -0.469 e. The van der Waals surface area contributed by atoms with Crippen molar-refractivity contribution >= 4 is 23.1 Å². The van der Waals surface area contributed by atoms with Gasteiger partial charge in [-0.1, -0.05) is 49.4 Å². The average molecular weight is 324 g/mol. The molecule has 1 atom stereocenters. The van der Waals surface area contributed by atoms with E-state index in [0.29, 0.717) is 19.1 Å². The minimum atomic E-state index is -0.284. The molecule has 3 rings (SSSR count). The van der Waals surface area contributed by atoms with Crippen LogP contribution >= 0.6 is 0 Å². The van der Waals surface area contributed by atoms with Gasteiger partial charge < -0.3 is 14.1 Å². The first kappa shape index (κ1) is 16.1. The molecule has 0 saturated carbocycles. The van der Waals surface area contributed by atoms with E-state index in [2.05, 4.69) is 4.98 Å². The van der Waals surface area contributed by atoms with Crippen LogP contribution in [0.1, 0.15) is 12.5 Å². The summed E-state index contributed by atoms with van der Waals surface area (Å²) in [7, 11) is 1.40. The van der Waals surface area contributed by atoms with Crippen molar-refractivity contribution in [1.29, 1.82) is 0 Å². The second-order valence-electron chi connectivity index (χ2n) is 5.75. The molecule has 0 amide bonds. The van der Waals surface area contributed by atoms with Gasteiger partial charge >= 0.3 is 5.97 Å². The van der Waals surface area contributed by atoms with E-state index in [-0.39, 0.29) is 11.9 Å². The third-order valence-electron chi connectivity index (χ3n) is 3.87. The highest BCUT2D eigenvalue weighted by Gasteiger charge is 2.21. The van der Waals surface area contributed by atoms with Crippen LogP contribution in [0.25, 0.3) is 11.1 Å². The van der Waals surface area contributed by atoms with Crippen LogP contribution in [0.5, 0.6) is 0 Å². The number of para-hydroxylation sites is 2. The number of methoxy groups -OCH3 is 1. The maximum absolute atomic E-state index is 11.8. The third kappa shape index (κ3) is 3.56. The Balaban J connectivity index is 1.89. The van der Waals surface area contributed by atoms with Crippen molar-refractivity contribution in [3.05, 3.63) is 60.2 Å². The minimum absolute atomic E-state index is 0.246. The molecule has 0 fully saturated rings. The number of oxazole rings is 1. The summed E-state index contributed by atoms with van der Waals surface area (Å²) < 4.78 is 10.7. The van der Waals surface area contributed by atoms with Gasteiger partial charge in [0.15, 0.2) is 5.58 Å². The molecule has 0 aliphatic heterocycles. The quantitative estimate of drug-likeness (QED) is 0.648. The smallest absolute Gasteiger partial charge is 0.310 e. The normalized spacial score (nSPS) is 12.1. The number of benzene rings is 2. The maximum atomic E-state index is 11.8. The number of esters is 1. The average Bonchev–Trinajstić information content (AvgIpc) is 3.05. The largest absolute Gasteiger partial charge is 0.469 e. The molecular formula is C19H20N2O3. The fourth-order valence-electron chi connectivity index (χ4n) is 2.62. The Morgan fingerprint density at radius 1 is 1.17 bits per heavy atom. The summed E-state index contributed by atoms with van der Waals surface area (Å²) in [6.45, 7) is 2.91. The molecule has 5 heteroatoms.